The molecular formula is C22H25N3O. The summed E-state index contributed by atoms with van der Waals surface area (Å²) in [7, 11) is 0. The fraction of sp³-hybridized carbons (Fsp3) is 0.318. The third-order valence-electron chi connectivity index (χ3n) is 5.28. The van der Waals surface area contributed by atoms with Gasteiger partial charge in [0.05, 0.1) is 5.56 Å². The van der Waals surface area contributed by atoms with Crippen LogP contribution in [0.5, 0.6) is 0 Å². The van der Waals surface area contributed by atoms with Gasteiger partial charge in [-0.05, 0) is 49.1 Å². The van der Waals surface area contributed by atoms with E-state index in [0.717, 1.165) is 29.9 Å². The number of carbonyl (C=O) groups is 1. The fourth-order valence-corrected chi connectivity index (χ4v) is 3.90. The minimum absolute atomic E-state index is 0.0457. The fourth-order valence-electron chi connectivity index (χ4n) is 3.90. The molecule has 1 N–H and O–H groups in total. The number of rotatable bonds is 4. The summed E-state index contributed by atoms with van der Waals surface area (Å²) in [4.78, 5) is 17.2. The molecular weight excluding hydrogens is 322 g/mol. The highest BCUT2D eigenvalue weighted by atomic mass is 16.2. The number of hydrogen-bond donors (Lipinski definition) is 1. The third kappa shape index (κ3) is 3.07. The number of hydrogen-bond acceptors (Lipinski definition) is 3. The maximum atomic E-state index is 12.9. The summed E-state index contributed by atoms with van der Waals surface area (Å²) >= 11 is 0. The summed E-state index contributed by atoms with van der Waals surface area (Å²) in [5.41, 5.74) is 3.97. The van der Waals surface area contributed by atoms with Crippen LogP contribution >= 0.6 is 0 Å². The first-order valence-electron chi connectivity index (χ1n) is 9.40. The molecule has 134 valence electrons. The molecule has 1 amide bonds. The van der Waals surface area contributed by atoms with Crippen molar-refractivity contribution < 1.29 is 4.79 Å². The van der Waals surface area contributed by atoms with E-state index in [-0.39, 0.29) is 12.1 Å². The average Bonchev–Trinajstić information content (AvgIpc) is 2.71. The van der Waals surface area contributed by atoms with Crippen molar-refractivity contribution in [2.75, 3.05) is 29.9 Å². The van der Waals surface area contributed by atoms with Gasteiger partial charge in [-0.15, -0.1) is 6.58 Å². The standard InChI is InChI=1S/C22H25N3O/c1-2-14-25-21(23-20-9-5-4-8-19(20)22(25)26)17-10-12-18(13-11-17)24-15-6-3-7-16-24/h2,4-5,8-13,21,23H,1,3,6-7,14-16H2. The topological polar surface area (TPSA) is 35.6 Å². The van der Waals surface area contributed by atoms with Gasteiger partial charge in [-0.2, -0.15) is 0 Å². The smallest absolute Gasteiger partial charge is 0.258 e. The van der Waals surface area contributed by atoms with Gasteiger partial charge in [0.25, 0.3) is 5.91 Å². The Kier molecular flexibility index (Phi) is 4.65. The maximum absolute atomic E-state index is 12.9. The molecule has 0 aliphatic carbocycles. The number of carbonyl (C=O) groups excluding carboxylic acids is 1. The van der Waals surface area contributed by atoms with E-state index in [1.54, 1.807) is 6.08 Å². The molecule has 0 saturated carbocycles. The number of amides is 1. The molecule has 2 aliphatic heterocycles. The van der Waals surface area contributed by atoms with Gasteiger partial charge >= 0.3 is 0 Å². The highest BCUT2D eigenvalue weighted by Gasteiger charge is 2.31. The van der Waals surface area contributed by atoms with Crippen LogP contribution in [0, 0.1) is 0 Å². The van der Waals surface area contributed by atoms with Crippen LogP contribution in [0.1, 0.15) is 41.3 Å². The van der Waals surface area contributed by atoms with Crippen LogP contribution in [0.3, 0.4) is 0 Å². The van der Waals surface area contributed by atoms with Gasteiger partial charge in [-0.25, -0.2) is 0 Å². The van der Waals surface area contributed by atoms with Crippen LogP contribution in [-0.4, -0.2) is 30.4 Å². The number of benzene rings is 2. The Hall–Kier alpha value is -2.75. The predicted molar refractivity (Wildman–Crippen MR) is 107 cm³/mol. The molecule has 4 nitrogen and oxygen atoms in total. The van der Waals surface area contributed by atoms with Crippen LogP contribution in [0.15, 0.2) is 61.2 Å². The molecule has 4 rings (SSSR count). The Labute approximate surface area is 155 Å². The number of para-hydroxylation sites is 1. The van der Waals surface area contributed by atoms with Gasteiger partial charge in [0.1, 0.15) is 6.17 Å². The number of nitrogens with one attached hydrogen (secondary N) is 1. The highest BCUT2D eigenvalue weighted by molar-refractivity contribution is 6.01. The summed E-state index contributed by atoms with van der Waals surface area (Å²) in [6.45, 7) is 6.60. The molecule has 1 saturated heterocycles. The van der Waals surface area contributed by atoms with E-state index in [9.17, 15) is 4.79 Å². The monoisotopic (exact) mass is 347 g/mol. The van der Waals surface area contributed by atoms with Crippen molar-refractivity contribution >= 4 is 17.3 Å². The summed E-state index contributed by atoms with van der Waals surface area (Å²) in [6.07, 6.45) is 5.47. The van der Waals surface area contributed by atoms with Gasteiger partial charge < -0.3 is 15.1 Å². The lowest BCUT2D eigenvalue weighted by Gasteiger charge is -2.38. The highest BCUT2D eigenvalue weighted by Crippen LogP contribution is 2.33. The molecule has 2 aliphatic rings. The first kappa shape index (κ1) is 16.7. The van der Waals surface area contributed by atoms with Gasteiger partial charge in [0.15, 0.2) is 0 Å². The lowest BCUT2D eigenvalue weighted by molar-refractivity contribution is 0.0707. The van der Waals surface area contributed by atoms with Gasteiger partial charge in [0.2, 0.25) is 0 Å². The average molecular weight is 347 g/mol. The second-order valence-corrected chi connectivity index (χ2v) is 6.98. The Morgan fingerprint density at radius 3 is 2.50 bits per heavy atom. The molecule has 2 aromatic rings. The summed E-state index contributed by atoms with van der Waals surface area (Å²) in [6, 6.07) is 16.3. The first-order chi connectivity index (χ1) is 12.8. The van der Waals surface area contributed by atoms with E-state index < -0.39 is 0 Å². The molecule has 1 unspecified atom stereocenters. The van der Waals surface area contributed by atoms with Crippen molar-refractivity contribution in [2.24, 2.45) is 0 Å². The second-order valence-electron chi connectivity index (χ2n) is 6.98. The van der Waals surface area contributed by atoms with E-state index in [0.29, 0.717) is 6.54 Å². The van der Waals surface area contributed by atoms with E-state index in [2.05, 4.69) is 41.1 Å². The van der Waals surface area contributed by atoms with E-state index in [4.69, 9.17) is 0 Å². The molecule has 0 spiro atoms. The van der Waals surface area contributed by atoms with Crippen LogP contribution in [0.2, 0.25) is 0 Å². The van der Waals surface area contributed by atoms with Crippen molar-refractivity contribution in [3.63, 3.8) is 0 Å². The van der Waals surface area contributed by atoms with Gasteiger partial charge in [-0.3, -0.25) is 4.79 Å². The zero-order valence-electron chi connectivity index (χ0n) is 15.0. The van der Waals surface area contributed by atoms with Crippen LogP contribution in [0.4, 0.5) is 11.4 Å². The Morgan fingerprint density at radius 1 is 1.04 bits per heavy atom. The van der Waals surface area contributed by atoms with E-state index in [1.807, 2.05) is 29.2 Å². The van der Waals surface area contributed by atoms with Crippen molar-refractivity contribution in [3.05, 3.63) is 72.3 Å². The minimum atomic E-state index is -0.175. The number of anilines is 2. The van der Waals surface area contributed by atoms with Crippen LogP contribution in [-0.2, 0) is 0 Å². The van der Waals surface area contributed by atoms with Crippen molar-refractivity contribution in [1.29, 1.82) is 0 Å². The molecule has 4 heteroatoms. The molecule has 1 atom stereocenters. The molecule has 26 heavy (non-hydrogen) atoms. The number of piperidine rings is 1. The molecule has 0 bridgehead atoms. The Bertz CT molecular complexity index is 793. The van der Waals surface area contributed by atoms with Crippen molar-refractivity contribution in [1.82, 2.24) is 4.90 Å². The zero-order chi connectivity index (χ0) is 17.9. The lowest BCUT2D eigenvalue weighted by Crippen LogP contribution is -2.43. The maximum Gasteiger partial charge on any atom is 0.258 e. The molecule has 0 aromatic heterocycles. The SMILES string of the molecule is C=CCN1C(=O)c2ccccc2NC1c1ccc(N2CCCCC2)cc1. The molecule has 2 heterocycles. The van der Waals surface area contributed by atoms with Crippen LogP contribution in [0.25, 0.3) is 0 Å². The van der Waals surface area contributed by atoms with Gasteiger partial charge in [0, 0.05) is 31.0 Å². The lowest BCUT2D eigenvalue weighted by atomic mass is 10.0. The molecule has 0 radical (unpaired) electrons. The summed E-state index contributed by atoms with van der Waals surface area (Å²) < 4.78 is 0. The summed E-state index contributed by atoms with van der Waals surface area (Å²) in [5.74, 6) is 0.0457. The third-order valence-corrected chi connectivity index (χ3v) is 5.28. The molecule has 1 fully saturated rings. The predicted octanol–water partition coefficient (Wildman–Crippen LogP) is 4.43. The van der Waals surface area contributed by atoms with Crippen molar-refractivity contribution in [2.45, 2.75) is 25.4 Å². The normalized spacial score (nSPS) is 19.7. The summed E-state index contributed by atoms with van der Waals surface area (Å²) in [5, 5.41) is 3.52. The zero-order valence-corrected chi connectivity index (χ0v) is 15.0. The van der Waals surface area contributed by atoms with Crippen molar-refractivity contribution in [3.8, 4) is 0 Å². The number of nitrogens with zero attached hydrogens (tertiary/aromatic N) is 2. The quantitative estimate of drug-likeness (QED) is 0.831. The molecule has 2 aromatic carbocycles. The second kappa shape index (κ2) is 7.24. The van der Waals surface area contributed by atoms with E-state index >= 15 is 0 Å². The Balaban J connectivity index is 1.62. The van der Waals surface area contributed by atoms with Crippen LogP contribution < -0.4 is 10.2 Å². The minimum Gasteiger partial charge on any atom is -0.372 e. The number of fused-ring (bicyclic) bond motifs is 1. The largest absolute Gasteiger partial charge is 0.372 e. The Morgan fingerprint density at radius 2 is 1.77 bits per heavy atom. The van der Waals surface area contributed by atoms with E-state index in [1.165, 1.54) is 24.9 Å². The van der Waals surface area contributed by atoms with Gasteiger partial charge in [-0.1, -0.05) is 30.3 Å². The first-order valence-corrected chi connectivity index (χ1v) is 9.40.